The van der Waals surface area contributed by atoms with E-state index in [-0.39, 0.29) is 38.0 Å². The molecule has 0 heterocycles. The number of nitrogens with two attached hydrogens (primary N) is 1. The van der Waals surface area contributed by atoms with Crippen LogP contribution >= 0.6 is 0 Å². The molecule has 0 aliphatic rings. The Morgan fingerprint density at radius 3 is 1.56 bits per heavy atom. The molecule has 2 aromatic carbocycles. The largest absolute Gasteiger partial charge is 0.481 e. The molecule has 294 valence electrons. The third-order valence-corrected chi connectivity index (χ3v) is 8.29. The SMILES string of the molecule is NC(=O)[C@H](Cc1ccccc1)NC(=O)[C@H](Cc1ccccc1)NC(=O)CCCCCCCNC(=O)CCC(NC(=O)NC(CCC(=O)O)C(=O)O)C(=O)O. The number of carboxylic acid groups (broad SMARTS) is 3. The predicted octanol–water partition coefficient (Wildman–Crippen LogP) is 1.23. The van der Waals surface area contributed by atoms with Gasteiger partial charge in [-0.2, -0.15) is 0 Å². The zero-order valence-electron chi connectivity index (χ0n) is 30.0. The number of benzene rings is 2. The Morgan fingerprint density at radius 2 is 1.04 bits per heavy atom. The van der Waals surface area contributed by atoms with Gasteiger partial charge in [0.05, 0.1) is 0 Å². The Balaban J connectivity index is 1.71. The third-order valence-electron chi connectivity index (χ3n) is 8.29. The number of carbonyl (C=O) groups excluding carboxylic acids is 5. The number of aliphatic carboxylic acids is 3. The highest BCUT2D eigenvalue weighted by molar-refractivity contribution is 5.92. The maximum atomic E-state index is 13.3. The van der Waals surface area contributed by atoms with Gasteiger partial charge in [0.15, 0.2) is 0 Å². The molecule has 0 bridgehead atoms. The van der Waals surface area contributed by atoms with E-state index in [0.717, 1.165) is 24.0 Å². The predicted molar refractivity (Wildman–Crippen MR) is 195 cm³/mol. The van der Waals surface area contributed by atoms with Crippen LogP contribution in [0.5, 0.6) is 0 Å². The van der Waals surface area contributed by atoms with Crippen LogP contribution in [0.1, 0.15) is 75.3 Å². The van der Waals surface area contributed by atoms with Crippen molar-refractivity contribution in [3.8, 4) is 0 Å². The Labute approximate surface area is 312 Å². The maximum Gasteiger partial charge on any atom is 0.326 e. The van der Waals surface area contributed by atoms with Gasteiger partial charge in [0.25, 0.3) is 0 Å². The smallest absolute Gasteiger partial charge is 0.326 e. The summed E-state index contributed by atoms with van der Waals surface area (Å²) in [5.41, 5.74) is 7.23. The van der Waals surface area contributed by atoms with Crippen molar-refractivity contribution in [2.75, 3.05) is 6.54 Å². The molecule has 0 aromatic heterocycles. The van der Waals surface area contributed by atoms with E-state index >= 15 is 0 Å². The number of unbranched alkanes of at least 4 members (excludes halogenated alkanes) is 4. The van der Waals surface area contributed by atoms with Crippen LogP contribution in [-0.4, -0.2) is 93.6 Å². The number of carbonyl (C=O) groups is 8. The fraction of sp³-hybridized carbons (Fsp3) is 0.459. The van der Waals surface area contributed by atoms with Gasteiger partial charge in [0.2, 0.25) is 23.6 Å². The molecule has 0 radical (unpaired) electrons. The molecule has 10 N–H and O–H groups in total. The molecule has 17 nitrogen and oxygen atoms in total. The van der Waals surface area contributed by atoms with Crippen molar-refractivity contribution in [2.45, 2.75) is 101 Å². The van der Waals surface area contributed by atoms with E-state index in [9.17, 15) is 43.5 Å². The minimum atomic E-state index is -1.54. The molecule has 0 aliphatic carbocycles. The number of hydrogen-bond acceptors (Lipinski definition) is 8. The van der Waals surface area contributed by atoms with Gasteiger partial charge >= 0.3 is 23.9 Å². The molecule has 0 fully saturated rings. The van der Waals surface area contributed by atoms with Crippen LogP contribution in [0.25, 0.3) is 0 Å². The van der Waals surface area contributed by atoms with E-state index in [1.807, 2.05) is 66.0 Å². The van der Waals surface area contributed by atoms with Crippen LogP contribution in [0.2, 0.25) is 0 Å². The van der Waals surface area contributed by atoms with Gasteiger partial charge in [-0.25, -0.2) is 14.4 Å². The molecule has 2 aromatic rings. The van der Waals surface area contributed by atoms with Gasteiger partial charge in [-0.15, -0.1) is 0 Å². The van der Waals surface area contributed by atoms with E-state index in [0.29, 0.717) is 25.8 Å². The quantitative estimate of drug-likeness (QED) is 0.0616. The van der Waals surface area contributed by atoms with Gasteiger partial charge in [-0.1, -0.05) is 79.9 Å². The van der Waals surface area contributed by atoms with Crippen molar-refractivity contribution >= 4 is 47.6 Å². The summed E-state index contributed by atoms with van der Waals surface area (Å²) in [5, 5.41) is 39.6. The number of carboxylic acids is 3. The highest BCUT2D eigenvalue weighted by Gasteiger charge is 2.27. The number of hydrogen-bond donors (Lipinski definition) is 9. The van der Waals surface area contributed by atoms with Crippen molar-refractivity contribution in [3.05, 3.63) is 71.8 Å². The summed E-state index contributed by atoms with van der Waals surface area (Å²) >= 11 is 0. The highest BCUT2D eigenvalue weighted by Crippen LogP contribution is 2.09. The molecule has 6 amide bonds. The average Bonchev–Trinajstić information content (AvgIpc) is 3.12. The summed E-state index contributed by atoms with van der Waals surface area (Å²) < 4.78 is 0. The molecular weight excluding hydrogens is 704 g/mol. The lowest BCUT2D eigenvalue weighted by atomic mass is 10.0. The van der Waals surface area contributed by atoms with Crippen LogP contribution < -0.4 is 32.3 Å². The molecule has 0 saturated heterocycles. The zero-order valence-corrected chi connectivity index (χ0v) is 30.0. The molecule has 0 aliphatic heterocycles. The zero-order chi connectivity index (χ0) is 39.9. The fourth-order valence-electron chi connectivity index (χ4n) is 5.34. The summed E-state index contributed by atoms with van der Waals surface area (Å²) in [5.74, 6) is -6.15. The molecule has 4 atom stereocenters. The summed E-state index contributed by atoms with van der Waals surface area (Å²) in [4.78, 5) is 96.2. The van der Waals surface area contributed by atoms with Crippen molar-refractivity contribution in [2.24, 2.45) is 5.73 Å². The van der Waals surface area contributed by atoms with Crippen LogP contribution in [0, 0.1) is 0 Å². The summed E-state index contributed by atoms with van der Waals surface area (Å²) in [6.07, 6.45) is 2.57. The first-order valence-corrected chi connectivity index (χ1v) is 17.7. The van der Waals surface area contributed by atoms with Crippen LogP contribution in [0.4, 0.5) is 4.79 Å². The van der Waals surface area contributed by atoms with Gasteiger partial charge < -0.3 is 47.6 Å². The van der Waals surface area contributed by atoms with E-state index in [1.54, 1.807) is 0 Å². The lowest BCUT2D eigenvalue weighted by Gasteiger charge is -2.22. The average molecular weight is 755 g/mol. The first-order chi connectivity index (χ1) is 25.7. The Morgan fingerprint density at radius 1 is 0.537 bits per heavy atom. The number of primary amides is 1. The first kappa shape index (κ1) is 44.2. The summed E-state index contributed by atoms with van der Waals surface area (Å²) in [6, 6.07) is 12.2. The Kier molecular flexibility index (Phi) is 19.9. The van der Waals surface area contributed by atoms with Crippen LogP contribution in [0.3, 0.4) is 0 Å². The molecule has 0 spiro atoms. The molecular formula is C37H50N6O11. The second kappa shape index (κ2) is 24.3. The minimum Gasteiger partial charge on any atom is -0.481 e. The van der Waals surface area contributed by atoms with Crippen molar-refractivity contribution in [1.29, 1.82) is 0 Å². The Hall–Kier alpha value is -6.00. The van der Waals surface area contributed by atoms with Gasteiger partial charge in [0, 0.05) is 38.6 Å². The van der Waals surface area contributed by atoms with Gasteiger partial charge in [0.1, 0.15) is 24.2 Å². The van der Waals surface area contributed by atoms with Crippen molar-refractivity contribution in [3.63, 3.8) is 0 Å². The maximum absolute atomic E-state index is 13.3. The normalized spacial score (nSPS) is 12.9. The fourth-order valence-corrected chi connectivity index (χ4v) is 5.34. The second-order valence-corrected chi connectivity index (χ2v) is 12.7. The Bertz CT molecular complexity index is 1560. The first-order valence-electron chi connectivity index (χ1n) is 17.7. The number of urea groups is 1. The molecule has 17 heteroatoms. The van der Waals surface area contributed by atoms with Crippen molar-refractivity contribution in [1.82, 2.24) is 26.6 Å². The minimum absolute atomic E-state index is 0.175. The topological polar surface area (TPSA) is 283 Å². The number of amides is 6. The standard InChI is InChI=1S/C37H50N6O11/c38-33(48)28(22-24-12-6-4-7-13-24)41-34(49)29(23-25-14-8-5-9-15-25)40-31(45)16-10-2-1-3-11-21-39-30(44)19-17-26(35(50)51)42-37(54)43-27(36(52)53)18-20-32(46)47/h4-9,12-15,26-29H,1-3,10-11,16-23H2,(H2,38,48)(H,39,44)(H,40,45)(H,41,49)(H,46,47)(H,50,51)(H,52,53)(H2,42,43,54)/t26?,27?,28-,29-/m0/s1. The molecule has 54 heavy (non-hydrogen) atoms. The molecule has 2 unspecified atom stereocenters. The van der Waals surface area contributed by atoms with Crippen molar-refractivity contribution < 1.29 is 53.7 Å². The van der Waals surface area contributed by atoms with Crippen LogP contribution in [0.15, 0.2) is 60.7 Å². The van der Waals surface area contributed by atoms with Gasteiger partial charge in [-0.05, 0) is 36.8 Å². The summed E-state index contributed by atoms with van der Waals surface area (Å²) in [7, 11) is 0. The summed E-state index contributed by atoms with van der Waals surface area (Å²) in [6.45, 7) is 0.321. The lowest BCUT2D eigenvalue weighted by Crippen LogP contribution is -2.54. The third kappa shape index (κ3) is 18.5. The highest BCUT2D eigenvalue weighted by atomic mass is 16.4. The number of rotatable bonds is 26. The van der Waals surface area contributed by atoms with E-state index in [1.165, 1.54) is 0 Å². The molecule has 0 saturated carbocycles. The number of nitrogens with one attached hydrogen (secondary N) is 5. The van der Waals surface area contributed by atoms with Crippen LogP contribution in [-0.2, 0) is 46.4 Å². The van der Waals surface area contributed by atoms with E-state index in [2.05, 4.69) is 21.3 Å². The van der Waals surface area contributed by atoms with E-state index < -0.39 is 78.7 Å². The van der Waals surface area contributed by atoms with Gasteiger partial charge in [-0.3, -0.25) is 24.0 Å². The monoisotopic (exact) mass is 754 g/mol. The lowest BCUT2D eigenvalue weighted by molar-refractivity contribution is -0.141. The second-order valence-electron chi connectivity index (χ2n) is 12.7. The van der Waals surface area contributed by atoms with E-state index in [4.69, 9.17) is 15.9 Å². The molecule has 2 rings (SSSR count).